The monoisotopic (exact) mass is 410 g/mol. The third-order valence-corrected chi connectivity index (χ3v) is 6.31. The predicted octanol–water partition coefficient (Wildman–Crippen LogP) is 1.72. The van der Waals surface area contributed by atoms with E-state index in [1.165, 1.54) is 12.1 Å². The molecular formula is C18H22N2O5S2. The lowest BCUT2D eigenvalue weighted by molar-refractivity contribution is -0.117. The second kappa shape index (κ2) is 8.64. The van der Waals surface area contributed by atoms with E-state index in [0.717, 1.165) is 11.8 Å². The van der Waals surface area contributed by atoms with E-state index in [1.807, 2.05) is 6.07 Å². The molecule has 9 heteroatoms. The maximum Gasteiger partial charge on any atom is 0.242 e. The van der Waals surface area contributed by atoms with Crippen molar-refractivity contribution in [1.29, 1.82) is 0 Å². The third kappa shape index (κ3) is 6.46. The van der Waals surface area contributed by atoms with Crippen LogP contribution in [0.15, 0.2) is 59.5 Å². The number of sulfonamides is 1. The van der Waals surface area contributed by atoms with E-state index in [2.05, 4.69) is 10.0 Å². The summed E-state index contributed by atoms with van der Waals surface area (Å²) in [5.41, 5.74) is 1.34. The fourth-order valence-electron chi connectivity index (χ4n) is 2.36. The Morgan fingerprint density at radius 2 is 1.56 bits per heavy atom. The Morgan fingerprint density at radius 3 is 2.15 bits per heavy atom. The molecule has 0 saturated heterocycles. The lowest BCUT2D eigenvalue weighted by Gasteiger charge is -2.19. The van der Waals surface area contributed by atoms with Gasteiger partial charge >= 0.3 is 0 Å². The van der Waals surface area contributed by atoms with Gasteiger partial charge in [-0.1, -0.05) is 36.4 Å². The van der Waals surface area contributed by atoms with Crippen LogP contribution in [-0.4, -0.2) is 40.8 Å². The highest BCUT2D eigenvalue weighted by Crippen LogP contribution is 2.15. The molecule has 0 bridgehead atoms. The number of aryl methyl sites for hydroxylation is 1. The molecule has 27 heavy (non-hydrogen) atoms. The number of hydrogen-bond acceptors (Lipinski definition) is 5. The highest BCUT2D eigenvalue weighted by molar-refractivity contribution is 7.90. The van der Waals surface area contributed by atoms with E-state index < -0.39 is 31.8 Å². The van der Waals surface area contributed by atoms with Gasteiger partial charge in [0.2, 0.25) is 15.9 Å². The van der Waals surface area contributed by atoms with Crippen LogP contribution in [0.3, 0.4) is 0 Å². The number of hydrogen-bond donors (Lipinski definition) is 2. The first-order chi connectivity index (χ1) is 12.6. The van der Waals surface area contributed by atoms with Crippen molar-refractivity contribution in [2.45, 2.75) is 24.3 Å². The van der Waals surface area contributed by atoms with Crippen LogP contribution in [-0.2, 0) is 24.7 Å². The van der Waals surface area contributed by atoms with Crippen LogP contribution < -0.4 is 10.0 Å². The number of sulfone groups is 1. The Morgan fingerprint density at radius 1 is 0.963 bits per heavy atom. The molecule has 146 valence electrons. The molecule has 0 fully saturated rings. The molecule has 2 rings (SSSR count). The van der Waals surface area contributed by atoms with Crippen LogP contribution in [0.5, 0.6) is 0 Å². The van der Waals surface area contributed by atoms with Gasteiger partial charge in [-0.2, -0.15) is 4.72 Å². The summed E-state index contributed by atoms with van der Waals surface area (Å²) in [6, 6.07) is 13.4. The maximum absolute atomic E-state index is 12.7. The fourth-order valence-corrected chi connectivity index (χ4v) is 4.28. The lowest BCUT2D eigenvalue weighted by atomic mass is 10.1. The number of carbonyl (C=O) groups excluding carboxylic acids is 1. The second-order valence-corrected chi connectivity index (χ2v) is 10.2. The molecule has 0 radical (unpaired) electrons. The van der Waals surface area contributed by atoms with Crippen LogP contribution in [0.2, 0.25) is 0 Å². The predicted molar refractivity (Wildman–Crippen MR) is 105 cm³/mol. The van der Waals surface area contributed by atoms with Gasteiger partial charge in [0.05, 0.1) is 10.6 Å². The quantitative estimate of drug-likeness (QED) is 0.689. The van der Waals surface area contributed by atoms with Gasteiger partial charge in [0.1, 0.15) is 15.9 Å². The van der Waals surface area contributed by atoms with E-state index in [9.17, 15) is 21.6 Å². The summed E-state index contributed by atoms with van der Waals surface area (Å²) in [6.45, 7) is 1.80. The van der Waals surface area contributed by atoms with Crippen molar-refractivity contribution in [3.63, 3.8) is 0 Å². The minimum atomic E-state index is -3.98. The van der Waals surface area contributed by atoms with Crippen LogP contribution in [0.1, 0.15) is 12.0 Å². The first-order valence-electron chi connectivity index (χ1n) is 8.20. The van der Waals surface area contributed by atoms with Crippen molar-refractivity contribution in [2.24, 2.45) is 0 Å². The maximum atomic E-state index is 12.7. The minimum Gasteiger partial charge on any atom is -0.324 e. The molecule has 0 unspecified atom stereocenters. The number of para-hydroxylation sites is 1. The third-order valence-electron chi connectivity index (χ3n) is 3.85. The second-order valence-electron chi connectivity index (χ2n) is 6.21. The molecular weight excluding hydrogens is 388 g/mol. The number of anilines is 1. The molecule has 2 aromatic carbocycles. The molecule has 0 spiro atoms. The summed E-state index contributed by atoms with van der Waals surface area (Å²) in [5.74, 6) is -0.941. The molecule has 0 aliphatic rings. The lowest BCUT2D eigenvalue weighted by Crippen LogP contribution is -2.44. The standard InChI is InChI=1S/C18H22N2O5S2/c1-14-8-6-7-11-16(14)19-18(21)17(12-13-26(2,22)23)20-27(24,25)15-9-4-3-5-10-15/h3-11,17,20H,12-13H2,1-2H3,(H,19,21)/t17-/m1/s1. The summed E-state index contributed by atoms with van der Waals surface area (Å²) in [4.78, 5) is 12.7. The molecule has 0 heterocycles. The summed E-state index contributed by atoms with van der Waals surface area (Å²) in [7, 11) is -7.35. The van der Waals surface area contributed by atoms with Crippen LogP contribution >= 0.6 is 0 Å². The summed E-state index contributed by atoms with van der Waals surface area (Å²) < 4.78 is 50.4. The SMILES string of the molecule is Cc1ccccc1NC(=O)[C@@H](CCS(C)(=O)=O)NS(=O)(=O)c1ccccc1. The zero-order valence-corrected chi connectivity index (χ0v) is 16.7. The molecule has 0 saturated carbocycles. The van der Waals surface area contributed by atoms with E-state index in [1.54, 1.807) is 43.3 Å². The number of nitrogens with one attached hydrogen (secondary N) is 2. The first-order valence-corrected chi connectivity index (χ1v) is 11.7. The summed E-state index contributed by atoms with van der Waals surface area (Å²) >= 11 is 0. The molecule has 0 aliphatic heterocycles. The Hall–Kier alpha value is -2.23. The molecule has 2 aromatic rings. The Kier molecular flexibility index (Phi) is 6.74. The zero-order chi connectivity index (χ0) is 20.1. The topological polar surface area (TPSA) is 109 Å². The van der Waals surface area contributed by atoms with Gasteiger partial charge in [0.25, 0.3) is 0 Å². The average Bonchev–Trinajstić information content (AvgIpc) is 2.60. The van der Waals surface area contributed by atoms with Gasteiger partial charge in [-0.15, -0.1) is 0 Å². The summed E-state index contributed by atoms with van der Waals surface area (Å²) in [5, 5.41) is 2.66. The molecule has 7 nitrogen and oxygen atoms in total. The van der Waals surface area contributed by atoms with Crippen LogP contribution in [0.4, 0.5) is 5.69 Å². The smallest absolute Gasteiger partial charge is 0.242 e. The van der Waals surface area contributed by atoms with Crippen molar-refractivity contribution in [3.05, 3.63) is 60.2 Å². The van der Waals surface area contributed by atoms with Gasteiger partial charge < -0.3 is 5.32 Å². The normalized spacial score (nSPS) is 13.1. The van der Waals surface area contributed by atoms with Gasteiger partial charge in [0.15, 0.2) is 0 Å². The van der Waals surface area contributed by atoms with Crippen molar-refractivity contribution < 1.29 is 21.6 Å². The Bertz CT molecular complexity index is 1000. The van der Waals surface area contributed by atoms with Crippen molar-refractivity contribution in [2.75, 3.05) is 17.3 Å². The molecule has 1 atom stereocenters. The highest BCUT2D eigenvalue weighted by Gasteiger charge is 2.27. The summed E-state index contributed by atoms with van der Waals surface area (Å²) in [6.07, 6.45) is 0.859. The van der Waals surface area contributed by atoms with Crippen molar-refractivity contribution >= 4 is 31.5 Å². The van der Waals surface area contributed by atoms with Gasteiger partial charge in [0, 0.05) is 11.9 Å². The Labute approximate surface area is 159 Å². The first kappa shape index (κ1) is 21.1. The molecule has 0 aromatic heterocycles. The largest absolute Gasteiger partial charge is 0.324 e. The Balaban J connectivity index is 2.25. The number of benzene rings is 2. The fraction of sp³-hybridized carbons (Fsp3) is 0.278. The van der Waals surface area contributed by atoms with Gasteiger partial charge in [-0.3, -0.25) is 4.79 Å². The van der Waals surface area contributed by atoms with Crippen LogP contribution in [0.25, 0.3) is 0 Å². The molecule has 2 N–H and O–H groups in total. The van der Waals surface area contributed by atoms with Crippen molar-refractivity contribution in [1.82, 2.24) is 4.72 Å². The molecule has 0 aliphatic carbocycles. The average molecular weight is 411 g/mol. The van der Waals surface area contributed by atoms with Crippen LogP contribution in [0, 0.1) is 6.92 Å². The van der Waals surface area contributed by atoms with E-state index in [4.69, 9.17) is 0 Å². The number of carbonyl (C=O) groups is 1. The van der Waals surface area contributed by atoms with E-state index in [0.29, 0.717) is 5.69 Å². The minimum absolute atomic E-state index is 0.00181. The zero-order valence-electron chi connectivity index (χ0n) is 15.0. The molecule has 1 amide bonds. The van der Waals surface area contributed by atoms with E-state index in [-0.39, 0.29) is 17.1 Å². The highest BCUT2D eigenvalue weighted by atomic mass is 32.2. The van der Waals surface area contributed by atoms with Gasteiger partial charge in [-0.05, 0) is 37.1 Å². The number of amides is 1. The van der Waals surface area contributed by atoms with Crippen molar-refractivity contribution in [3.8, 4) is 0 Å². The van der Waals surface area contributed by atoms with E-state index >= 15 is 0 Å². The van der Waals surface area contributed by atoms with Gasteiger partial charge in [-0.25, -0.2) is 16.8 Å². The number of rotatable bonds is 8.